The molecule has 0 nitrogen and oxygen atoms in total. The van der Waals surface area contributed by atoms with Crippen molar-refractivity contribution < 1.29 is 65.9 Å². The zero-order chi connectivity index (χ0) is 30.9. The molecule has 0 atom stereocenters. The second kappa shape index (κ2) is 10.3. The van der Waals surface area contributed by atoms with Crippen LogP contribution in [0.5, 0.6) is 0 Å². The van der Waals surface area contributed by atoms with Gasteiger partial charge in [-0.25, -0.2) is 65.9 Å². The van der Waals surface area contributed by atoms with E-state index >= 15 is 26.3 Å². The van der Waals surface area contributed by atoms with Crippen LogP contribution in [-0.4, -0.2) is 6.15 Å². The van der Waals surface area contributed by atoms with Crippen molar-refractivity contribution in [2.75, 3.05) is 0 Å². The molecule has 0 saturated heterocycles. The Labute approximate surface area is 226 Å². The van der Waals surface area contributed by atoms with Crippen LogP contribution in [0.25, 0.3) is 0 Å². The molecule has 4 rings (SSSR count). The lowest BCUT2D eigenvalue weighted by molar-refractivity contribution is 0.380. The van der Waals surface area contributed by atoms with Gasteiger partial charge in [-0.2, -0.15) is 5.46 Å². The molecule has 17 heteroatoms. The van der Waals surface area contributed by atoms with Gasteiger partial charge >= 0.3 is 0 Å². The fourth-order valence-electron chi connectivity index (χ4n) is 4.69. The normalized spacial score (nSPS) is 11.9. The zero-order valence-corrected chi connectivity index (χ0v) is 20.5. The molecule has 4 aromatic carbocycles. The van der Waals surface area contributed by atoms with Gasteiger partial charge in [-0.15, -0.1) is 16.4 Å². The highest BCUT2D eigenvalue weighted by Crippen LogP contribution is 2.28. The van der Waals surface area contributed by atoms with Crippen LogP contribution in [0.15, 0.2) is 28.7 Å². The van der Waals surface area contributed by atoms with Crippen LogP contribution in [0.1, 0.15) is 0 Å². The summed E-state index contributed by atoms with van der Waals surface area (Å²) in [5, 5.41) is 0. The van der Waals surface area contributed by atoms with Crippen molar-refractivity contribution in [2.45, 2.75) is 0 Å². The van der Waals surface area contributed by atoms with Crippen LogP contribution in [-0.2, 0) is 0 Å². The number of benzene rings is 4. The van der Waals surface area contributed by atoms with Gasteiger partial charge in [0.15, 0.2) is 52.4 Å². The van der Waals surface area contributed by atoms with Gasteiger partial charge in [-0.1, -0.05) is 40.2 Å². The summed E-state index contributed by atoms with van der Waals surface area (Å²) in [4.78, 5) is 0. The van der Waals surface area contributed by atoms with Gasteiger partial charge in [0, 0.05) is 4.47 Å². The second-order valence-corrected chi connectivity index (χ2v) is 9.28. The summed E-state index contributed by atoms with van der Waals surface area (Å²) in [5.74, 6) is -45.6. The average Bonchev–Trinajstić information content (AvgIpc) is 2.95. The van der Waals surface area contributed by atoms with Gasteiger partial charge in [0.2, 0.25) is 0 Å². The molecular weight excluding hydrogens is 664 g/mol. The first kappa shape index (κ1) is 30.3. The monoisotopic (exact) mass is 667 g/mol. The van der Waals surface area contributed by atoms with Gasteiger partial charge in [0.05, 0.1) is 0 Å². The van der Waals surface area contributed by atoms with E-state index in [1.807, 2.05) is 0 Å². The summed E-state index contributed by atoms with van der Waals surface area (Å²) in [6.07, 6.45) is -5.75. The molecule has 216 valence electrons. The summed E-state index contributed by atoms with van der Waals surface area (Å²) in [5.41, 5.74) is -9.47. The predicted molar refractivity (Wildman–Crippen MR) is 117 cm³/mol. The Morgan fingerprint density at radius 1 is 0.317 bits per heavy atom. The van der Waals surface area contributed by atoms with E-state index in [-0.39, 0.29) is 4.47 Å². The van der Waals surface area contributed by atoms with Crippen LogP contribution in [0.2, 0.25) is 0 Å². The predicted octanol–water partition coefficient (Wildman–Crippen LogP) is 5.91. The molecule has 0 spiro atoms. The molecule has 41 heavy (non-hydrogen) atoms. The van der Waals surface area contributed by atoms with Crippen molar-refractivity contribution in [3.05, 3.63) is 116 Å². The van der Waals surface area contributed by atoms with E-state index in [0.717, 1.165) is 12.1 Å². The zero-order valence-electron chi connectivity index (χ0n) is 18.9. The minimum Gasteiger partial charge on any atom is -0.207 e. The Balaban J connectivity index is 2.55. The van der Waals surface area contributed by atoms with Crippen molar-refractivity contribution >= 4 is 43.9 Å². The van der Waals surface area contributed by atoms with Crippen molar-refractivity contribution in [1.29, 1.82) is 0 Å². The minimum atomic E-state index is -5.75. The standard InChI is InChI=1S/C24H4BBrF15/c26-6-3-1-5(2-4-6)25(7-10(27)16(33)22(39)17(34)11(7)28,8-12(29)18(35)23(40)19(36)13(8)30)9-14(31)20(37)24(41)21(38)15(9)32/h1-4H/q-1. The molecule has 0 aliphatic carbocycles. The van der Waals surface area contributed by atoms with E-state index in [1.165, 1.54) is 0 Å². The average molecular weight is 668 g/mol. The highest BCUT2D eigenvalue weighted by Gasteiger charge is 2.48. The van der Waals surface area contributed by atoms with Gasteiger partial charge in [-0.05, 0) is 0 Å². The largest absolute Gasteiger partial charge is 0.207 e. The lowest BCUT2D eigenvalue weighted by Crippen LogP contribution is -2.79. The summed E-state index contributed by atoms with van der Waals surface area (Å²) in [6, 6.07) is 2.24. The quantitative estimate of drug-likeness (QED) is 0.110. The van der Waals surface area contributed by atoms with E-state index in [2.05, 4.69) is 15.9 Å². The smallest absolute Gasteiger partial charge is 0.200 e. The number of halogens is 16. The Hall–Kier alpha value is -3.63. The lowest BCUT2D eigenvalue weighted by atomic mass is 9.12. The van der Waals surface area contributed by atoms with E-state index in [0.29, 0.717) is 12.1 Å². The summed E-state index contributed by atoms with van der Waals surface area (Å²) in [6.45, 7) is 0. The van der Waals surface area contributed by atoms with Crippen LogP contribution in [0, 0.1) is 87.3 Å². The molecule has 0 bridgehead atoms. The molecule has 0 heterocycles. The molecule has 0 amide bonds. The molecule has 0 aliphatic rings. The van der Waals surface area contributed by atoms with Gasteiger partial charge in [0.25, 0.3) is 0 Å². The van der Waals surface area contributed by atoms with E-state index in [9.17, 15) is 39.5 Å². The summed E-state index contributed by atoms with van der Waals surface area (Å²) in [7, 11) is 0. The van der Waals surface area contributed by atoms with Gasteiger partial charge in [0.1, 0.15) is 41.0 Å². The Morgan fingerprint density at radius 3 is 0.732 bits per heavy atom. The third-order valence-corrected chi connectivity index (χ3v) is 6.93. The number of rotatable bonds is 4. The Morgan fingerprint density at radius 2 is 0.512 bits per heavy atom. The molecule has 0 fully saturated rings. The van der Waals surface area contributed by atoms with Crippen molar-refractivity contribution in [3.8, 4) is 0 Å². The van der Waals surface area contributed by atoms with Gasteiger partial charge < -0.3 is 0 Å². The maximum Gasteiger partial charge on any atom is 0.200 e. The van der Waals surface area contributed by atoms with Crippen molar-refractivity contribution in [1.82, 2.24) is 0 Å². The highest BCUT2D eigenvalue weighted by atomic mass is 79.9. The fourth-order valence-corrected chi connectivity index (χ4v) is 4.95. The van der Waals surface area contributed by atoms with E-state index < -0.39 is 115 Å². The molecule has 0 saturated carbocycles. The third-order valence-electron chi connectivity index (χ3n) is 6.40. The molecule has 0 radical (unpaired) electrons. The first-order chi connectivity index (χ1) is 19.0. The SMILES string of the molecule is Fc1c(F)c(F)c([B-](c2ccc(Br)cc2)(c2c(F)c(F)c(F)c(F)c2F)c2c(F)c(F)c(F)c(F)c2F)c(F)c1F. The fraction of sp³-hybridized carbons (Fsp3) is 0. The highest BCUT2D eigenvalue weighted by molar-refractivity contribution is 9.10. The molecule has 4 aromatic rings. The van der Waals surface area contributed by atoms with Crippen LogP contribution < -0.4 is 21.9 Å². The molecule has 0 unspecified atom stereocenters. The van der Waals surface area contributed by atoms with E-state index in [4.69, 9.17) is 0 Å². The first-order valence-corrected chi connectivity index (χ1v) is 11.3. The molecule has 0 N–H and O–H groups in total. The maximum absolute atomic E-state index is 15.4. The molecule has 0 aliphatic heterocycles. The first-order valence-electron chi connectivity index (χ1n) is 10.5. The number of hydrogen-bond donors (Lipinski definition) is 0. The molecular formula is C24H4BBrF15-. The summed E-state index contributed by atoms with van der Waals surface area (Å²) < 4.78 is 221. The lowest BCUT2D eigenvalue weighted by Gasteiger charge is -2.44. The van der Waals surface area contributed by atoms with Crippen LogP contribution in [0.4, 0.5) is 65.9 Å². The summed E-state index contributed by atoms with van der Waals surface area (Å²) >= 11 is 2.82. The second-order valence-electron chi connectivity index (χ2n) is 8.37. The Kier molecular flexibility index (Phi) is 7.64. The Bertz CT molecular complexity index is 1500. The third kappa shape index (κ3) is 4.10. The van der Waals surface area contributed by atoms with E-state index in [1.54, 1.807) is 0 Å². The van der Waals surface area contributed by atoms with Crippen LogP contribution >= 0.6 is 15.9 Å². The topological polar surface area (TPSA) is 0 Å². The van der Waals surface area contributed by atoms with Crippen LogP contribution in [0.3, 0.4) is 0 Å². The number of hydrogen-bond acceptors (Lipinski definition) is 0. The van der Waals surface area contributed by atoms with Crippen molar-refractivity contribution in [3.63, 3.8) is 0 Å². The molecule has 0 aromatic heterocycles. The maximum atomic E-state index is 15.4. The minimum absolute atomic E-state index is 0.0711. The van der Waals surface area contributed by atoms with Crippen molar-refractivity contribution in [2.24, 2.45) is 0 Å². The van der Waals surface area contributed by atoms with Gasteiger partial charge in [-0.3, -0.25) is 0 Å².